The zero-order valence-corrected chi connectivity index (χ0v) is 12.2. The van der Waals surface area contributed by atoms with Gasteiger partial charge < -0.3 is 10.2 Å². The Morgan fingerprint density at radius 2 is 2.30 bits per heavy atom. The summed E-state index contributed by atoms with van der Waals surface area (Å²) >= 11 is 0. The highest BCUT2D eigenvalue weighted by atomic mass is 16.2. The van der Waals surface area contributed by atoms with Crippen molar-refractivity contribution in [2.24, 2.45) is 5.92 Å². The molecule has 5 nitrogen and oxygen atoms in total. The van der Waals surface area contributed by atoms with Crippen LogP contribution in [0.4, 0.5) is 0 Å². The summed E-state index contributed by atoms with van der Waals surface area (Å²) < 4.78 is 0. The number of amides is 1. The van der Waals surface area contributed by atoms with E-state index >= 15 is 0 Å². The van der Waals surface area contributed by atoms with Crippen molar-refractivity contribution in [2.75, 3.05) is 19.6 Å². The predicted octanol–water partition coefficient (Wildman–Crippen LogP) is 1.71. The van der Waals surface area contributed by atoms with Crippen molar-refractivity contribution in [3.05, 3.63) is 17.0 Å². The number of rotatable bonds is 2. The molecule has 1 aromatic rings. The molecule has 1 saturated heterocycles. The molecule has 5 heteroatoms. The second kappa shape index (κ2) is 5.95. The minimum atomic E-state index is 0.114. The maximum absolute atomic E-state index is 12.7. The fraction of sp³-hybridized carbons (Fsp3) is 0.733. The summed E-state index contributed by atoms with van der Waals surface area (Å²) in [6.07, 6.45) is 5.67. The third-order valence-electron chi connectivity index (χ3n) is 4.72. The molecule has 3 heterocycles. The van der Waals surface area contributed by atoms with E-state index in [0.29, 0.717) is 5.69 Å². The molecule has 1 amide bonds. The van der Waals surface area contributed by atoms with Crippen molar-refractivity contribution in [2.45, 2.75) is 45.6 Å². The first kappa shape index (κ1) is 13.6. The highest BCUT2D eigenvalue weighted by molar-refractivity contribution is 5.94. The highest BCUT2D eigenvalue weighted by Crippen LogP contribution is 2.23. The summed E-state index contributed by atoms with van der Waals surface area (Å²) in [5.41, 5.74) is 2.85. The van der Waals surface area contributed by atoms with Crippen molar-refractivity contribution in [1.29, 1.82) is 0 Å². The number of aromatic nitrogens is 2. The Labute approximate surface area is 120 Å². The van der Waals surface area contributed by atoms with Gasteiger partial charge in [-0.1, -0.05) is 13.3 Å². The van der Waals surface area contributed by atoms with Crippen molar-refractivity contribution in [3.8, 4) is 0 Å². The van der Waals surface area contributed by atoms with E-state index in [2.05, 4.69) is 22.4 Å². The van der Waals surface area contributed by atoms with Crippen molar-refractivity contribution in [3.63, 3.8) is 0 Å². The summed E-state index contributed by atoms with van der Waals surface area (Å²) in [6.45, 7) is 5.73. The quantitative estimate of drug-likeness (QED) is 0.864. The maximum atomic E-state index is 12.7. The molecular weight excluding hydrogens is 252 g/mol. The molecule has 0 aliphatic carbocycles. The number of carbonyl (C=O) groups excluding carboxylic acids is 1. The lowest BCUT2D eigenvalue weighted by Crippen LogP contribution is -2.34. The Balaban J connectivity index is 1.74. The number of aromatic amines is 1. The minimum absolute atomic E-state index is 0.114. The van der Waals surface area contributed by atoms with Crippen molar-refractivity contribution < 1.29 is 4.79 Å². The summed E-state index contributed by atoms with van der Waals surface area (Å²) in [6, 6.07) is 0. The van der Waals surface area contributed by atoms with Gasteiger partial charge in [-0.2, -0.15) is 5.10 Å². The first-order valence-corrected chi connectivity index (χ1v) is 7.85. The van der Waals surface area contributed by atoms with Gasteiger partial charge in [-0.15, -0.1) is 0 Å². The number of likely N-dealkylation sites (tertiary alicyclic amines) is 1. The second-order valence-corrected chi connectivity index (χ2v) is 5.95. The fourth-order valence-electron chi connectivity index (χ4n) is 3.33. The van der Waals surface area contributed by atoms with Crippen LogP contribution in [0.1, 0.15) is 54.4 Å². The van der Waals surface area contributed by atoms with Gasteiger partial charge in [-0.3, -0.25) is 9.89 Å². The Morgan fingerprint density at radius 3 is 3.15 bits per heavy atom. The lowest BCUT2D eigenvalue weighted by molar-refractivity contribution is 0.0752. The lowest BCUT2D eigenvalue weighted by Gasteiger charge is -2.21. The number of carbonyl (C=O) groups is 1. The van der Waals surface area contributed by atoms with Crippen LogP contribution in [0.5, 0.6) is 0 Å². The Hall–Kier alpha value is -1.36. The van der Waals surface area contributed by atoms with Gasteiger partial charge in [0, 0.05) is 43.9 Å². The fourth-order valence-corrected chi connectivity index (χ4v) is 3.33. The van der Waals surface area contributed by atoms with E-state index in [1.54, 1.807) is 0 Å². The van der Waals surface area contributed by atoms with E-state index < -0.39 is 0 Å². The number of nitrogens with one attached hydrogen (secondary N) is 2. The monoisotopic (exact) mass is 276 g/mol. The maximum Gasteiger partial charge on any atom is 0.274 e. The van der Waals surface area contributed by atoms with Gasteiger partial charge >= 0.3 is 0 Å². The second-order valence-electron chi connectivity index (χ2n) is 5.95. The first-order valence-electron chi connectivity index (χ1n) is 7.85. The van der Waals surface area contributed by atoms with E-state index in [0.717, 1.165) is 62.6 Å². The van der Waals surface area contributed by atoms with Crippen LogP contribution in [0.25, 0.3) is 0 Å². The zero-order valence-electron chi connectivity index (χ0n) is 12.2. The molecular formula is C15H24N4O. The minimum Gasteiger partial charge on any atom is -0.337 e. The zero-order chi connectivity index (χ0) is 13.9. The van der Waals surface area contributed by atoms with Crippen molar-refractivity contribution >= 4 is 5.91 Å². The van der Waals surface area contributed by atoms with Crippen LogP contribution in [0, 0.1) is 5.92 Å². The third-order valence-corrected chi connectivity index (χ3v) is 4.72. The summed E-state index contributed by atoms with van der Waals surface area (Å²) in [5, 5.41) is 10.7. The molecule has 2 N–H and O–H groups in total. The predicted molar refractivity (Wildman–Crippen MR) is 77.5 cm³/mol. The van der Waals surface area contributed by atoms with Crippen LogP contribution < -0.4 is 5.32 Å². The molecule has 1 aromatic heterocycles. The summed E-state index contributed by atoms with van der Waals surface area (Å²) in [5.74, 6) is 0.894. The van der Waals surface area contributed by atoms with Gasteiger partial charge in [-0.05, 0) is 25.2 Å². The molecule has 110 valence electrons. The average molecular weight is 276 g/mol. The molecule has 1 atom stereocenters. The van der Waals surface area contributed by atoms with E-state index in [9.17, 15) is 4.79 Å². The molecule has 20 heavy (non-hydrogen) atoms. The molecule has 0 bridgehead atoms. The molecule has 1 unspecified atom stereocenters. The molecule has 3 rings (SSSR count). The van der Waals surface area contributed by atoms with Crippen LogP contribution in [-0.4, -0.2) is 40.6 Å². The van der Waals surface area contributed by atoms with Crippen LogP contribution >= 0.6 is 0 Å². The standard InChI is InChI=1S/C15H24N4O/c1-2-11-4-3-8-19(9-6-11)15(20)14-12-10-16-7-5-13(12)17-18-14/h11,16H,2-10H2,1H3,(H,17,18). The van der Waals surface area contributed by atoms with Gasteiger partial charge in [-0.25, -0.2) is 0 Å². The Morgan fingerprint density at radius 1 is 1.40 bits per heavy atom. The normalized spacial score (nSPS) is 23.2. The topological polar surface area (TPSA) is 61.0 Å². The Bertz CT molecular complexity index is 482. The number of fused-ring (bicyclic) bond motifs is 1. The van der Waals surface area contributed by atoms with E-state index in [1.165, 1.54) is 12.8 Å². The molecule has 2 aliphatic rings. The van der Waals surface area contributed by atoms with Gasteiger partial charge in [0.25, 0.3) is 5.91 Å². The molecule has 0 spiro atoms. The Kier molecular flexibility index (Phi) is 4.05. The number of H-pyrrole nitrogens is 1. The van der Waals surface area contributed by atoms with Gasteiger partial charge in [0.05, 0.1) is 0 Å². The lowest BCUT2D eigenvalue weighted by atomic mass is 9.98. The SMILES string of the molecule is CCC1CCCN(C(=O)c2n[nH]c3c2CNCC3)CC1. The number of hydrogen-bond acceptors (Lipinski definition) is 3. The molecule has 0 aromatic carbocycles. The van der Waals surface area contributed by atoms with Gasteiger partial charge in [0.2, 0.25) is 0 Å². The third kappa shape index (κ3) is 2.59. The van der Waals surface area contributed by atoms with Crippen LogP contribution in [0.15, 0.2) is 0 Å². The first-order chi connectivity index (χ1) is 9.79. The summed E-state index contributed by atoms with van der Waals surface area (Å²) in [4.78, 5) is 14.7. The van der Waals surface area contributed by atoms with E-state index in [1.807, 2.05) is 4.90 Å². The van der Waals surface area contributed by atoms with Gasteiger partial charge in [0.15, 0.2) is 5.69 Å². The molecule has 0 saturated carbocycles. The molecule has 2 aliphatic heterocycles. The highest BCUT2D eigenvalue weighted by Gasteiger charge is 2.27. The smallest absolute Gasteiger partial charge is 0.274 e. The van der Waals surface area contributed by atoms with E-state index in [4.69, 9.17) is 0 Å². The van der Waals surface area contributed by atoms with Gasteiger partial charge in [0.1, 0.15) is 0 Å². The van der Waals surface area contributed by atoms with Crippen LogP contribution in [0.3, 0.4) is 0 Å². The largest absolute Gasteiger partial charge is 0.337 e. The van der Waals surface area contributed by atoms with E-state index in [-0.39, 0.29) is 5.91 Å². The average Bonchev–Trinajstić information content (AvgIpc) is 2.76. The summed E-state index contributed by atoms with van der Waals surface area (Å²) in [7, 11) is 0. The molecule has 0 radical (unpaired) electrons. The van der Waals surface area contributed by atoms with Crippen LogP contribution in [-0.2, 0) is 13.0 Å². The van der Waals surface area contributed by atoms with Crippen molar-refractivity contribution in [1.82, 2.24) is 20.4 Å². The van der Waals surface area contributed by atoms with Crippen LogP contribution in [0.2, 0.25) is 0 Å². The number of hydrogen-bond donors (Lipinski definition) is 2. The number of nitrogens with zero attached hydrogens (tertiary/aromatic N) is 2. The molecule has 1 fully saturated rings.